The van der Waals surface area contributed by atoms with E-state index in [2.05, 4.69) is 10.2 Å². The molecule has 1 amide bonds. The number of nitrogens with one attached hydrogen (secondary N) is 1. The molecule has 1 saturated carbocycles. The van der Waals surface area contributed by atoms with Crippen LogP contribution in [0.5, 0.6) is 11.5 Å². The van der Waals surface area contributed by atoms with Gasteiger partial charge >= 0.3 is 12.1 Å². The Morgan fingerprint density at radius 2 is 1.83 bits per heavy atom. The first-order valence-corrected chi connectivity index (χ1v) is 14.9. The number of carbonyl (C=O) groups is 2. The number of esters is 1. The topological polar surface area (TPSA) is 178 Å². The Kier molecular flexibility index (Phi) is 14.8. The van der Waals surface area contributed by atoms with Gasteiger partial charge in [-0.2, -0.15) is 13.2 Å². The number of allylic oxidation sites excluding steroid dienone is 2. The van der Waals surface area contributed by atoms with Gasteiger partial charge in [-0.1, -0.05) is 48.6 Å². The molecule has 3 rings (SSSR count). The third-order valence-corrected chi connectivity index (χ3v) is 7.36. The van der Waals surface area contributed by atoms with Crippen LogP contribution in [0.15, 0.2) is 72.8 Å². The largest absolute Gasteiger partial charge is 0.491 e. The van der Waals surface area contributed by atoms with Crippen LogP contribution in [0.4, 0.5) is 13.2 Å². The van der Waals surface area contributed by atoms with Gasteiger partial charge in [0.15, 0.2) is 0 Å². The van der Waals surface area contributed by atoms with E-state index in [0.29, 0.717) is 24.8 Å². The van der Waals surface area contributed by atoms with Gasteiger partial charge in [0, 0.05) is 24.3 Å². The van der Waals surface area contributed by atoms with Crippen molar-refractivity contribution in [3.63, 3.8) is 0 Å². The average Bonchev–Trinajstić information content (AvgIpc) is 3.29. The Morgan fingerprint density at radius 1 is 1.06 bits per heavy atom. The Labute approximate surface area is 269 Å². The molecule has 0 heterocycles. The number of nitrogens with zero attached hydrogens (tertiary/aromatic N) is 1. The van der Waals surface area contributed by atoms with Gasteiger partial charge in [-0.15, -0.1) is 0 Å². The molecule has 0 aromatic heterocycles. The smallest absolute Gasteiger partial charge is 0.416 e. The molecule has 0 bridgehead atoms. The Hall–Kier alpha value is -3.83. The van der Waals surface area contributed by atoms with Crippen molar-refractivity contribution in [3.8, 4) is 11.5 Å². The number of hydrogen-bond donors (Lipinski definition) is 6. The summed E-state index contributed by atoms with van der Waals surface area (Å²) < 4.78 is 49.2. The van der Waals surface area contributed by atoms with Crippen molar-refractivity contribution in [2.75, 3.05) is 13.2 Å². The summed E-state index contributed by atoms with van der Waals surface area (Å²) in [4.78, 5) is 28.8. The van der Waals surface area contributed by atoms with Gasteiger partial charge in [0.2, 0.25) is 5.91 Å². The summed E-state index contributed by atoms with van der Waals surface area (Å²) in [5, 5.41) is 50.5. The van der Waals surface area contributed by atoms with E-state index in [1.54, 1.807) is 24.3 Å². The van der Waals surface area contributed by atoms with Gasteiger partial charge < -0.3 is 30.1 Å². The van der Waals surface area contributed by atoms with Crippen LogP contribution in [0.2, 0.25) is 0 Å². The van der Waals surface area contributed by atoms with Crippen molar-refractivity contribution in [2.24, 2.45) is 11.8 Å². The monoisotopic (exact) mass is 668 g/mol. The molecule has 0 radical (unpaired) electrons. The zero-order valence-corrected chi connectivity index (χ0v) is 25.3. The summed E-state index contributed by atoms with van der Waals surface area (Å²) >= 11 is 0. The molecule has 15 heteroatoms. The lowest BCUT2D eigenvalue weighted by Gasteiger charge is -2.19. The second-order valence-corrected chi connectivity index (χ2v) is 10.9. The van der Waals surface area contributed by atoms with E-state index in [9.17, 15) is 38.1 Å². The summed E-state index contributed by atoms with van der Waals surface area (Å²) in [5.41, 5.74) is -0.499. The summed E-state index contributed by atoms with van der Waals surface area (Å²) in [6, 6.07) is 10.6. The molecule has 2 aromatic carbocycles. The van der Waals surface area contributed by atoms with Crippen LogP contribution in [0.3, 0.4) is 0 Å². The third-order valence-electron chi connectivity index (χ3n) is 7.36. The second-order valence-electron chi connectivity index (χ2n) is 10.9. The highest BCUT2D eigenvalue weighted by Crippen LogP contribution is 2.36. The first kappa shape index (κ1) is 37.6. The SMILES string of the molecule is O=C(CCC/C=C\C[C@@H]1[C@@H](/C=C/[C@@H](O)COc2cccc(C(F)(F)F)c2)[C@H](O)C[C@@H]1O)NCC(=O)Oc1ccccc1CON(O)O. The van der Waals surface area contributed by atoms with Crippen molar-refractivity contribution in [1.29, 1.82) is 0 Å². The van der Waals surface area contributed by atoms with Crippen molar-refractivity contribution < 1.29 is 62.8 Å². The van der Waals surface area contributed by atoms with Crippen molar-refractivity contribution in [2.45, 2.75) is 63.2 Å². The minimum Gasteiger partial charge on any atom is -0.491 e. The zero-order valence-electron chi connectivity index (χ0n) is 25.3. The molecule has 5 atom stereocenters. The number of hydrogen-bond acceptors (Lipinski definition) is 11. The summed E-state index contributed by atoms with van der Waals surface area (Å²) in [6.45, 7) is -0.956. The molecule has 47 heavy (non-hydrogen) atoms. The molecule has 258 valence electrons. The molecule has 2 aromatic rings. The van der Waals surface area contributed by atoms with Crippen LogP contribution in [-0.4, -0.2) is 74.5 Å². The lowest BCUT2D eigenvalue weighted by molar-refractivity contribution is -0.497. The van der Waals surface area contributed by atoms with Crippen LogP contribution in [0.1, 0.15) is 43.2 Å². The molecule has 0 aliphatic heterocycles. The van der Waals surface area contributed by atoms with Gasteiger partial charge in [-0.05, 0) is 49.4 Å². The molecule has 0 spiro atoms. The summed E-state index contributed by atoms with van der Waals surface area (Å²) in [5.74, 6) is -1.81. The lowest BCUT2D eigenvalue weighted by Crippen LogP contribution is -2.31. The number of amides is 1. The first-order valence-electron chi connectivity index (χ1n) is 14.9. The number of unbranched alkanes of at least 4 members (excludes halogenated alkanes) is 1. The van der Waals surface area contributed by atoms with Crippen molar-refractivity contribution in [3.05, 3.63) is 84.0 Å². The van der Waals surface area contributed by atoms with E-state index in [4.69, 9.17) is 19.9 Å². The maximum absolute atomic E-state index is 12.9. The van der Waals surface area contributed by atoms with E-state index in [0.717, 1.165) is 12.1 Å². The number of aliphatic hydroxyl groups excluding tert-OH is 3. The number of benzene rings is 2. The molecule has 0 saturated heterocycles. The number of para-hydroxylation sites is 1. The summed E-state index contributed by atoms with van der Waals surface area (Å²) in [7, 11) is 0. The minimum absolute atomic E-state index is 0.0449. The highest BCUT2D eigenvalue weighted by molar-refractivity contribution is 5.82. The normalized spacial score (nSPS) is 20.6. The van der Waals surface area contributed by atoms with Gasteiger partial charge in [0.05, 0.1) is 23.2 Å². The number of halogens is 3. The molecule has 12 nitrogen and oxygen atoms in total. The predicted octanol–water partition coefficient (Wildman–Crippen LogP) is 3.71. The van der Waals surface area contributed by atoms with E-state index in [1.807, 2.05) is 12.2 Å². The minimum atomic E-state index is -4.52. The quantitative estimate of drug-likeness (QED) is 0.0476. The molecule has 6 N–H and O–H groups in total. The number of rotatable bonds is 17. The second kappa shape index (κ2) is 18.5. The Balaban J connectivity index is 1.36. The van der Waals surface area contributed by atoms with Crippen LogP contribution >= 0.6 is 0 Å². The van der Waals surface area contributed by atoms with Gasteiger partial charge in [0.25, 0.3) is 0 Å². The fraction of sp³-hybridized carbons (Fsp3) is 0.438. The maximum atomic E-state index is 12.9. The Morgan fingerprint density at radius 3 is 2.57 bits per heavy atom. The van der Waals surface area contributed by atoms with Crippen LogP contribution in [0.25, 0.3) is 0 Å². The standard InChI is InChI=1S/C32H39F3N2O10/c33-32(34,35)22-9-7-10-24(16-22)45-20-23(38)14-15-26-25(27(39)17-28(26)40)11-3-1-2-4-13-30(41)36-18-31(42)47-29-12-6-5-8-21(29)19-46-37(43)44/h1,3,5-10,12,14-16,23,25-28,38-40,43-44H,2,4,11,13,17-20H2,(H,36,41)/b3-1-,15-14+/t23-,25-,26-,27+,28-/m1/s1. The number of alkyl halides is 3. The van der Waals surface area contributed by atoms with Crippen LogP contribution < -0.4 is 14.8 Å². The van der Waals surface area contributed by atoms with E-state index in [1.165, 1.54) is 24.3 Å². The fourth-order valence-electron chi connectivity index (χ4n) is 4.98. The third kappa shape index (κ3) is 13.1. The highest BCUT2D eigenvalue weighted by atomic mass is 19.4. The number of carbonyl (C=O) groups excluding carboxylic acids is 2. The van der Waals surface area contributed by atoms with E-state index < -0.39 is 47.3 Å². The maximum Gasteiger partial charge on any atom is 0.416 e. The lowest BCUT2D eigenvalue weighted by atomic mass is 9.89. The van der Waals surface area contributed by atoms with Gasteiger partial charge in [-0.25, -0.2) is 9.63 Å². The number of aliphatic hydroxyl groups is 3. The van der Waals surface area contributed by atoms with Crippen LogP contribution in [0, 0.1) is 11.8 Å². The molecule has 1 fully saturated rings. The molecule has 0 unspecified atom stereocenters. The molecular formula is C32H39F3N2O10. The van der Waals surface area contributed by atoms with Crippen molar-refractivity contribution in [1.82, 2.24) is 10.7 Å². The summed E-state index contributed by atoms with van der Waals surface area (Å²) in [6.07, 6.45) is 1.06. The molecular weight excluding hydrogens is 629 g/mol. The first-order chi connectivity index (χ1) is 22.3. The predicted molar refractivity (Wildman–Crippen MR) is 159 cm³/mol. The average molecular weight is 669 g/mol. The molecule has 1 aliphatic carbocycles. The Bertz CT molecular complexity index is 1350. The fourth-order valence-corrected chi connectivity index (χ4v) is 4.98. The zero-order chi connectivity index (χ0) is 34.4. The molecule has 1 aliphatic rings. The van der Waals surface area contributed by atoms with Gasteiger partial charge in [-0.3, -0.25) is 15.2 Å². The van der Waals surface area contributed by atoms with Crippen LogP contribution in [-0.2, 0) is 27.2 Å². The van der Waals surface area contributed by atoms with Crippen molar-refractivity contribution >= 4 is 11.9 Å². The van der Waals surface area contributed by atoms with Gasteiger partial charge in [0.1, 0.15) is 37.4 Å². The van der Waals surface area contributed by atoms with E-state index >= 15 is 0 Å². The van der Waals surface area contributed by atoms with E-state index in [-0.39, 0.29) is 55.9 Å². The number of ether oxygens (including phenoxy) is 2. The highest BCUT2D eigenvalue weighted by Gasteiger charge is 2.39.